The Bertz CT molecular complexity index is 1540. The molecule has 3 aromatic rings. The molecule has 2 heterocycles. The van der Waals surface area contributed by atoms with E-state index in [1.807, 2.05) is 0 Å². The molecule has 3 aromatic carbocycles. The van der Waals surface area contributed by atoms with Gasteiger partial charge in [-0.3, -0.25) is 14.4 Å². The highest BCUT2D eigenvalue weighted by Crippen LogP contribution is 2.35. The van der Waals surface area contributed by atoms with Gasteiger partial charge in [-0.15, -0.1) is 0 Å². The monoisotopic (exact) mass is 552 g/mol. The number of hydrogen-bond donors (Lipinski definition) is 0. The van der Waals surface area contributed by atoms with Crippen molar-refractivity contribution >= 4 is 33.5 Å². The summed E-state index contributed by atoms with van der Waals surface area (Å²) in [6.45, 7) is 1.10. The van der Waals surface area contributed by atoms with Gasteiger partial charge in [-0.2, -0.15) is 4.31 Å². The highest BCUT2D eigenvalue weighted by molar-refractivity contribution is 7.89. The number of methoxy groups -OCH3 is 1. The fraction of sp³-hybridized carbons (Fsp3) is 0.222. The van der Waals surface area contributed by atoms with Gasteiger partial charge in [-0.25, -0.2) is 13.3 Å². The molecule has 12 heteroatoms. The number of anilines is 1. The molecule has 1 atom stereocenters. The van der Waals surface area contributed by atoms with Gasteiger partial charge >= 0.3 is 5.97 Å². The van der Waals surface area contributed by atoms with Crippen LogP contribution in [0.25, 0.3) is 0 Å². The van der Waals surface area contributed by atoms with E-state index in [9.17, 15) is 22.8 Å². The van der Waals surface area contributed by atoms with Crippen LogP contribution in [-0.2, 0) is 31.0 Å². The molecule has 2 aliphatic heterocycles. The molecule has 1 saturated heterocycles. The number of esters is 1. The van der Waals surface area contributed by atoms with Gasteiger partial charge in [-0.05, 0) is 66.2 Å². The topological polar surface area (TPSA) is 129 Å². The summed E-state index contributed by atoms with van der Waals surface area (Å²) in [5.74, 6) is -0.0837. The van der Waals surface area contributed by atoms with Crippen molar-refractivity contribution in [2.45, 2.75) is 30.8 Å². The SMILES string of the molecule is COc1ccc(S(=O)(=O)N(Cc2ccc3c(c2)OCO3)C2CC(=O)N(c3ccc(OC(C)=O)cc3)C2=O)cc1. The summed E-state index contributed by atoms with van der Waals surface area (Å²) in [5.41, 5.74) is 0.772. The number of nitrogens with zero attached hydrogens (tertiary/aromatic N) is 2. The maximum atomic E-state index is 13.9. The normalized spacial score (nSPS) is 16.6. The van der Waals surface area contributed by atoms with Crippen molar-refractivity contribution in [1.82, 2.24) is 4.31 Å². The Morgan fingerprint density at radius 2 is 1.64 bits per heavy atom. The molecule has 202 valence electrons. The molecule has 0 aliphatic carbocycles. The van der Waals surface area contributed by atoms with Crippen molar-refractivity contribution in [3.63, 3.8) is 0 Å². The maximum absolute atomic E-state index is 13.9. The molecule has 1 fully saturated rings. The first-order valence-corrected chi connectivity index (χ1v) is 13.3. The number of fused-ring (bicyclic) bond motifs is 1. The maximum Gasteiger partial charge on any atom is 0.308 e. The van der Waals surface area contributed by atoms with Crippen LogP contribution in [0.3, 0.4) is 0 Å². The molecule has 2 aliphatic rings. The minimum Gasteiger partial charge on any atom is -0.497 e. The van der Waals surface area contributed by atoms with Crippen molar-refractivity contribution in [2.24, 2.45) is 0 Å². The van der Waals surface area contributed by atoms with Crippen molar-refractivity contribution in [2.75, 3.05) is 18.8 Å². The lowest BCUT2D eigenvalue weighted by Gasteiger charge is -2.27. The summed E-state index contributed by atoms with van der Waals surface area (Å²) in [5, 5.41) is 0. The number of carbonyl (C=O) groups is 3. The lowest BCUT2D eigenvalue weighted by Crippen LogP contribution is -2.45. The Morgan fingerprint density at radius 1 is 0.974 bits per heavy atom. The first-order valence-electron chi connectivity index (χ1n) is 11.9. The van der Waals surface area contributed by atoms with E-state index in [0.717, 1.165) is 9.21 Å². The van der Waals surface area contributed by atoms with Gasteiger partial charge < -0.3 is 18.9 Å². The van der Waals surface area contributed by atoms with Gasteiger partial charge in [-0.1, -0.05) is 6.07 Å². The van der Waals surface area contributed by atoms with Crippen molar-refractivity contribution in [3.05, 3.63) is 72.3 Å². The second-order valence-electron chi connectivity index (χ2n) is 8.79. The fourth-order valence-corrected chi connectivity index (χ4v) is 5.98. The second kappa shape index (κ2) is 10.4. The minimum absolute atomic E-state index is 0.0491. The van der Waals surface area contributed by atoms with E-state index in [2.05, 4.69) is 0 Å². The number of carbonyl (C=O) groups excluding carboxylic acids is 3. The van der Waals surface area contributed by atoms with E-state index < -0.39 is 33.8 Å². The summed E-state index contributed by atoms with van der Waals surface area (Å²) in [6, 6.07) is 15.3. The van der Waals surface area contributed by atoms with Crippen molar-refractivity contribution in [3.8, 4) is 23.0 Å². The summed E-state index contributed by atoms with van der Waals surface area (Å²) in [4.78, 5) is 38.8. The van der Waals surface area contributed by atoms with Gasteiger partial charge in [0.05, 0.1) is 24.1 Å². The Hall–Kier alpha value is -4.42. The van der Waals surface area contributed by atoms with Gasteiger partial charge in [0.2, 0.25) is 22.7 Å². The molecular weight excluding hydrogens is 528 g/mol. The Kier molecular flexibility index (Phi) is 6.98. The van der Waals surface area contributed by atoms with Crippen LogP contribution in [0.5, 0.6) is 23.0 Å². The Labute approximate surface area is 224 Å². The molecule has 0 aromatic heterocycles. The van der Waals surface area contributed by atoms with Crippen molar-refractivity contribution in [1.29, 1.82) is 0 Å². The summed E-state index contributed by atoms with van der Waals surface area (Å²) >= 11 is 0. The van der Waals surface area contributed by atoms with Gasteiger partial charge in [0, 0.05) is 13.5 Å². The van der Waals surface area contributed by atoms with Gasteiger partial charge in [0.15, 0.2) is 11.5 Å². The van der Waals surface area contributed by atoms with Crippen LogP contribution in [-0.4, -0.2) is 50.5 Å². The predicted molar refractivity (Wildman–Crippen MR) is 137 cm³/mol. The lowest BCUT2D eigenvalue weighted by molar-refractivity contribution is -0.132. The Balaban J connectivity index is 1.50. The number of amides is 2. The quantitative estimate of drug-likeness (QED) is 0.235. The lowest BCUT2D eigenvalue weighted by atomic mass is 10.1. The van der Waals surface area contributed by atoms with E-state index in [4.69, 9.17) is 18.9 Å². The minimum atomic E-state index is -4.26. The average Bonchev–Trinajstić information content (AvgIpc) is 3.50. The standard InChI is InChI=1S/C27H24N2O9S/c1-17(30)38-21-6-4-19(5-7-21)29-26(31)14-23(27(29)32)28(15-18-3-12-24-25(13-18)37-16-36-24)39(33,34)22-10-8-20(35-2)9-11-22/h3-13,23H,14-16H2,1-2H3. The number of benzene rings is 3. The third kappa shape index (κ3) is 5.16. The zero-order valence-corrected chi connectivity index (χ0v) is 21.8. The van der Waals surface area contributed by atoms with Gasteiger partial charge in [0.25, 0.3) is 5.91 Å². The predicted octanol–water partition coefficient (Wildman–Crippen LogP) is 2.87. The van der Waals surface area contributed by atoms with E-state index in [-0.39, 0.29) is 36.1 Å². The third-order valence-electron chi connectivity index (χ3n) is 6.27. The number of sulfonamides is 1. The van der Waals surface area contributed by atoms with Crippen LogP contribution < -0.4 is 23.8 Å². The van der Waals surface area contributed by atoms with E-state index >= 15 is 0 Å². The number of imide groups is 1. The largest absolute Gasteiger partial charge is 0.497 e. The second-order valence-corrected chi connectivity index (χ2v) is 10.7. The van der Waals surface area contributed by atoms with E-state index in [0.29, 0.717) is 22.8 Å². The molecule has 0 bridgehead atoms. The first kappa shape index (κ1) is 26.2. The Morgan fingerprint density at radius 3 is 2.31 bits per heavy atom. The molecule has 2 amide bonds. The van der Waals surface area contributed by atoms with E-state index in [1.54, 1.807) is 18.2 Å². The molecule has 0 spiro atoms. The zero-order valence-electron chi connectivity index (χ0n) is 21.0. The van der Waals surface area contributed by atoms with Crippen LogP contribution in [0.2, 0.25) is 0 Å². The fourth-order valence-electron chi connectivity index (χ4n) is 4.41. The number of rotatable bonds is 8. The molecule has 39 heavy (non-hydrogen) atoms. The average molecular weight is 553 g/mol. The molecule has 0 saturated carbocycles. The highest BCUT2D eigenvalue weighted by atomic mass is 32.2. The third-order valence-corrected chi connectivity index (χ3v) is 8.14. The van der Waals surface area contributed by atoms with Gasteiger partial charge in [0.1, 0.15) is 17.5 Å². The summed E-state index contributed by atoms with van der Waals surface area (Å²) in [7, 11) is -2.79. The van der Waals surface area contributed by atoms with Crippen LogP contribution >= 0.6 is 0 Å². The summed E-state index contributed by atoms with van der Waals surface area (Å²) < 4.78 is 49.7. The smallest absolute Gasteiger partial charge is 0.308 e. The van der Waals surface area contributed by atoms with Crippen LogP contribution in [0, 0.1) is 0 Å². The number of hydrogen-bond acceptors (Lipinski definition) is 9. The summed E-state index contributed by atoms with van der Waals surface area (Å²) in [6.07, 6.45) is -0.357. The molecule has 1 unspecified atom stereocenters. The van der Waals surface area contributed by atoms with Crippen LogP contribution in [0.15, 0.2) is 71.6 Å². The molecule has 5 rings (SSSR count). The zero-order chi connectivity index (χ0) is 27.7. The molecule has 0 N–H and O–H groups in total. The van der Waals surface area contributed by atoms with E-state index in [1.165, 1.54) is 62.6 Å². The van der Waals surface area contributed by atoms with Crippen LogP contribution in [0.1, 0.15) is 18.9 Å². The first-order chi connectivity index (χ1) is 18.7. The molecule has 11 nitrogen and oxygen atoms in total. The molecule has 0 radical (unpaired) electrons. The van der Waals surface area contributed by atoms with Crippen molar-refractivity contribution < 1.29 is 41.7 Å². The van der Waals surface area contributed by atoms with Crippen LogP contribution in [0.4, 0.5) is 5.69 Å². The number of ether oxygens (including phenoxy) is 4. The highest BCUT2D eigenvalue weighted by Gasteiger charge is 2.47. The molecular formula is C27H24N2O9S.